The van der Waals surface area contributed by atoms with E-state index < -0.39 is 5.82 Å². The van der Waals surface area contributed by atoms with Gasteiger partial charge in [-0.2, -0.15) is 0 Å². The minimum atomic E-state index is -0.460. The molecule has 3 rings (SSSR count). The van der Waals surface area contributed by atoms with Crippen LogP contribution in [-0.2, 0) is 4.79 Å². The van der Waals surface area contributed by atoms with Crippen LogP contribution in [0, 0.1) is 5.82 Å². The molecule has 2 aromatic rings. The number of halogens is 1. The van der Waals surface area contributed by atoms with Crippen LogP contribution in [0.2, 0.25) is 0 Å². The van der Waals surface area contributed by atoms with Crippen molar-refractivity contribution in [2.75, 3.05) is 11.9 Å². The van der Waals surface area contributed by atoms with E-state index in [1.807, 2.05) is 30.3 Å². The Hall–Kier alpha value is -2.88. The van der Waals surface area contributed by atoms with Gasteiger partial charge in [-0.1, -0.05) is 36.4 Å². The maximum atomic E-state index is 13.4. The summed E-state index contributed by atoms with van der Waals surface area (Å²) in [5, 5.41) is 2.50. The summed E-state index contributed by atoms with van der Waals surface area (Å²) >= 11 is 0. The molecule has 0 aromatic heterocycles. The first-order chi connectivity index (χ1) is 10.7. The molecule has 2 aromatic carbocycles. The zero-order valence-corrected chi connectivity index (χ0v) is 11.8. The number of hydrogen-bond acceptors (Lipinski definition) is 2. The molecule has 0 spiro atoms. The minimum Gasteiger partial charge on any atom is -0.488 e. The minimum absolute atomic E-state index is 0.163. The van der Waals surface area contributed by atoms with Crippen LogP contribution in [0.1, 0.15) is 5.56 Å². The number of nitrogens with one attached hydrogen (secondary N) is 1. The quantitative estimate of drug-likeness (QED) is 0.875. The number of fused-ring (bicyclic) bond motifs is 1. The van der Waals surface area contributed by atoms with Crippen LogP contribution in [0.4, 0.5) is 10.1 Å². The predicted molar refractivity (Wildman–Crippen MR) is 84.1 cm³/mol. The third kappa shape index (κ3) is 3.23. The number of anilines is 1. The standard InChI is InChI=1S/C18H14FNO2/c19-15-6-2-3-7-16(15)20-18(21)10-9-13-11-14-5-1-4-8-17(14)22-12-13/h1-11H,12H2,(H,20,21). The molecular formula is C18H14FNO2. The molecule has 22 heavy (non-hydrogen) atoms. The van der Waals surface area contributed by atoms with E-state index in [4.69, 9.17) is 4.74 Å². The second-order valence-corrected chi connectivity index (χ2v) is 4.85. The van der Waals surface area contributed by atoms with Gasteiger partial charge >= 0.3 is 0 Å². The number of carbonyl (C=O) groups excluding carboxylic acids is 1. The van der Waals surface area contributed by atoms with Crippen LogP contribution >= 0.6 is 0 Å². The molecule has 0 radical (unpaired) electrons. The topological polar surface area (TPSA) is 38.3 Å². The summed E-state index contributed by atoms with van der Waals surface area (Å²) in [4.78, 5) is 11.8. The Bertz CT molecular complexity index is 765. The van der Waals surface area contributed by atoms with Crippen LogP contribution in [-0.4, -0.2) is 12.5 Å². The molecule has 0 fully saturated rings. The van der Waals surface area contributed by atoms with Gasteiger partial charge < -0.3 is 10.1 Å². The van der Waals surface area contributed by atoms with Crippen LogP contribution in [0.15, 0.2) is 66.3 Å². The molecule has 1 aliphatic heterocycles. The van der Waals surface area contributed by atoms with Crippen molar-refractivity contribution in [3.8, 4) is 5.75 Å². The zero-order chi connectivity index (χ0) is 15.4. The largest absolute Gasteiger partial charge is 0.488 e. The predicted octanol–water partition coefficient (Wildman–Crippen LogP) is 3.80. The van der Waals surface area contributed by atoms with Crippen molar-refractivity contribution in [2.45, 2.75) is 0 Å². The first-order valence-corrected chi connectivity index (χ1v) is 6.88. The number of benzene rings is 2. The Labute approximate surface area is 127 Å². The Morgan fingerprint density at radius 1 is 1.14 bits per heavy atom. The van der Waals surface area contributed by atoms with Crippen molar-refractivity contribution in [2.24, 2.45) is 0 Å². The highest BCUT2D eigenvalue weighted by Gasteiger charge is 2.09. The Balaban J connectivity index is 1.69. The van der Waals surface area contributed by atoms with Gasteiger partial charge in [0.1, 0.15) is 18.2 Å². The van der Waals surface area contributed by atoms with Crippen molar-refractivity contribution < 1.29 is 13.9 Å². The molecule has 0 aliphatic carbocycles. The van der Waals surface area contributed by atoms with Crippen molar-refractivity contribution in [1.29, 1.82) is 0 Å². The zero-order valence-electron chi connectivity index (χ0n) is 11.8. The lowest BCUT2D eigenvalue weighted by Gasteiger charge is -2.15. The number of hydrogen-bond donors (Lipinski definition) is 1. The Morgan fingerprint density at radius 3 is 2.77 bits per heavy atom. The van der Waals surface area contributed by atoms with Gasteiger partial charge in [0.05, 0.1) is 5.69 Å². The molecule has 0 bridgehead atoms. The van der Waals surface area contributed by atoms with E-state index in [0.29, 0.717) is 6.61 Å². The first kappa shape index (κ1) is 14.1. The average Bonchev–Trinajstić information content (AvgIpc) is 2.55. The fourth-order valence-electron chi connectivity index (χ4n) is 2.15. The van der Waals surface area contributed by atoms with Gasteiger partial charge in [0.25, 0.3) is 0 Å². The molecule has 110 valence electrons. The Kier molecular flexibility index (Phi) is 4.01. The fraction of sp³-hybridized carbons (Fsp3) is 0.0556. The molecule has 1 aliphatic rings. The van der Waals surface area contributed by atoms with Crippen LogP contribution in [0.5, 0.6) is 5.75 Å². The van der Waals surface area contributed by atoms with Crippen LogP contribution in [0.25, 0.3) is 6.08 Å². The summed E-state index contributed by atoms with van der Waals surface area (Å²) in [6, 6.07) is 13.7. The summed E-state index contributed by atoms with van der Waals surface area (Å²) in [6.07, 6.45) is 5.01. The fourth-order valence-corrected chi connectivity index (χ4v) is 2.15. The highest BCUT2D eigenvalue weighted by Crippen LogP contribution is 2.26. The van der Waals surface area contributed by atoms with Gasteiger partial charge in [-0.15, -0.1) is 0 Å². The lowest BCUT2D eigenvalue weighted by atomic mass is 10.1. The van der Waals surface area contributed by atoms with E-state index >= 15 is 0 Å². The molecular weight excluding hydrogens is 281 g/mol. The number of amides is 1. The van der Waals surface area contributed by atoms with E-state index in [1.165, 1.54) is 18.2 Å². The van der Waals surface area contributed by atoms with Crippen molar-refractivity contribution in [3.05, 3.63) is 77.6 Å². The van der Waals surface area contributed by atoms with E-state index in [2.05, 4.69) is 5.32 Å². The second kappa shape index (κ2) is 6.26. The van der Waals surface area contributed by atoms with Crippen molar-refractivity contribution >= 4 is 17.7 Å². The molecule has 4 heteroatoms. The monoisotopic (exact) mass is 295 g/mol. The lowest BCUT2D eigenvalue weighted by molar-refractivity contribution is -0.111. The molecule has 1 N–H and O–H groups in total. The molecule has 0 saturated carbocycles. The number of ether oxygens (including phenoxy) is 1. The van der Waals surface area contributed by atoms with E-state index in [1.54, 1.807) is 18.2 Å². The smallest absolute Gasteiger partial charge is 0.248 e. The molecule has 1 heterocycles. The van der Waals surface area contributed by atoms with E-state index in [9.17, 15) is 9.18 Å². The summed E-state index contributed by atoms with van der Waals surface area (Å²) < 4.78 is 19.0. The lowest BCUT2D eigenvalue weighted by Crippen LogP contribution is -2.10. The molecule has 1 amide bonds. The highest BCUT2D eigenvalue weighted by molar-refractivity contribution is 5.99. The molecule has 0 atom stereocenters. The number of para-hydroxylation sites is 2. The highest BCUT2D eigenvalue weighted by atomic mass is 19.1. The maximum absolute atomic E-state index is 13.4. The van der Waals surface area contributed by atoms with Gasteiger partial charge in [-0.05, 0) is 29.8 Å². The third-order valence-electron chi connectivity index (χ3n) is 3.23. The summed E-state index contributed by atoms with van der Waals surface area (Å²) in [6.45, 7) is 0.403. The SMILES string of the molecule is O=C(C=CC1=Cc2ccccc2OC1)Nc1ccccc1F. The third-order valence-corrected chi connectivity index (χ3v) is 3.23. The maximum Gasteiger partial charge on any atom is 0.248 e. The van der Waals surface area contributed by atoms with Gasteiger partial charge in [-0.3, -0.25) is 4.79 Å². The van der Waals surface area contributed by atoms with E-state index in [-0.39, 0.29) is 11.6 Å². The van der Waals surface area contributed by atoms with Gasteiger partial charge in [0, 0.05) is 11.6 Å². The molecule has 0 saturated heterocycles. The Morgan fingerprint density at radius 2 is 1.91 bits per heavy atom. The van der Waals surface area contributed by atoms with E-state index in [0.717, 1.165) is 16.9 Å². The first-order valence-electron chi connectivity index (χ1n) is 6.88. The normalized spacial score (nSPS) is 13.2. The number of rotatable bonds is 3. The number of carbonyl (C=O) groups is 1. The van der Waals surface area contributed by atoms with Crippen molar-refractivity contribution in [3.63, 3.8) is 0 Å². The summed E-state index contributed by atoms with van der Waals surface area (Å²) in [5.41, 5.74) is 2.02. The summed E-state index contributed by atoms with van der Waals surface area (Å²) in [7, 11) is 0. The molecule has 0 unspecified atom stereocenters. The van der Waals surface area contributed by atoms with Gasteiger partial charge in [0.2, 0.25) is 5.91 Å². The second-order valence-electron chi connectivity index (χ2n) is 4.85. The molecule has 3 nitrogen and oxygen atoms in total. The van der Waals surface area contributed by atoms with Gasteiger partial charge in [0.15, 0.2) is 0 Å². The van der Waals surface area contributed by atoms with Crippen LogP contribution in [0.3, 0.4) is 0 Å². The summed E-state index contributed by atoms with van der Waals surface area (Å²) in [5.74, 6) is -0.0151. The average molecular weight is 295 g/mol. The van der Waals surface area contributed by atoms with Crippen LogP contribution < -0.4 is 10.1 Å². The van der Waals surface area contributed by atoms with Crippen molar-refractivity contribution in [1.82, 2.24) is 0 Å². The van der Waals surface area contributed by atoms with Gasteiger partial charge in [-0.25, -0.2) is 4.39 Å².